The number of benzene rings is 1. The summed E-state index contributed by atoms with van der Waals surface area (Å²) in [5, 5.41) is 13.0. The molecular weight excluding hydrogens is 450 g/mol. The van der Waals surface area contributed by atoms with Gasteiger partial charge in [0.25, 0.3) is 0 Å². The molecule has 0 aliphatic rings. The number of aliphatic hydroxyl groups excluding tert-OH is 1. The predicted octanol–water partition coefficient (Wildman–Crippen LogP) is 5.70. The quantitative estimate of drug-likeness (QED) is 0.295. The molecule has 8 nitrogen and oxygen atoms in total. The van der Waals surface area contributed by atoms with E-state index in [0.717, 1.165) is 41.2 Å². The van der Waals surface area contributed by atoms with Crippen molar-refractivity contribution in [3.63, 3.8) is 0 Å². The van der Waals surface area contributed by atoms with Crippen molar-refractivity contribution < 1.29 is 5.11 Å². The van der Waals surface area contributed by atoms with E-state index in [-0.39, 0.29) is 18.7 Å². The van der Waals surface area contributed by atoms with Crippen LogP contribution in [0.15, 0.2) is 55.0 Å². The van der Waals surface area contributed by atoms with Gasteiger partial charge < -0.3 is 19.9 Å². The monoisotopic (exact) mass is 489 g/mol. The van der Waals surface area contributed by atoms with Gasteiger partial charge in [-0.2, -0.15) is 9.97 Å². The number of anilines is 2. The zero-order valence-corrected chi connectivity index (χ0v) is 22.3. The normalized spacial score (nSPS) is 11.8. The Balaban J connectivity index is 0.00000176. The van der Waals surface area contributed by atoms with Gasteiger partial charge in [0.2, 0.25) is 5.95 Å². The summed E-state index contributed by atoms with van der Waals surface area (Å²) < 4.78 is 2.06. The van der Waals surface area contributed by atoms with Gasteiger partial charge in [-0.25, -0.2) is 4.98 Å². The van der Waals surface area contributed by atoms with Gasteiger partial charge in [-0.3, -0.25) is 4.98 Å². The Morgan fingerprint density at radius 2 is 1.75 bits per heavy atom. The summed E-state index contributed by atoms with van der Waals surface area (Å²) in [6, 6.07) is 14.5. The van der Waals surface area contributed by atoms with Crippen molar-refractivity contribution in [3.8, 4) is 11.3 Å². The van der Waals surface area contributed by atoms with E-state index in [4.69, 9.17) is 9.97 Å². The van der Waals surface area contributed by atoms with Crippen LogP contribution in [0.4, 0.5) is 11.8 Å². The highest BCUT2D eigenvalue weighted by atomic mass is 16.3. The molecule has 3 heterocycles. The number of aromatic nitrogens is 5. The lowest BCUT2D eigenvalue weighted by atomic mass is 10.1. The summed E-state index contributed by atoms with van der Waals surface area (Å²) in [7, 11) is 0. The molecule has 0 spiro atoms. The fourth-order valence-corrected chi connectivity index (χ4v) is 3.90. The van der Waals surface area contributed by atoms with Gasteiger partial charge >= 0.3 is 0 Å². The van der Waals surface area contributed by atoms with Gasteiger partial charge in [-0.15, -0.1) is 0 Å². The maximum atomic E-state index is 9.68. The lowest BCUT2D eigenvalue weighted by molar-refractivity contribution is 0.271. The molecule has 0 aliphatic heterocycles. The Bertz CT molecular complexity index is 1200. The highest BCUT2D eigenvalue weighted by Crippen LogP contribution is 2.28. The van der Waals surface area contributed by atoms with Crippen LogP contribution in [0.5, 0.6) is 0 Å². The number of imidazole rings is 1. The van der Waals surface area contributed by atoms with Gasteiger partial charge in [0.15, 0.2) is 17.0 Å². The van der Waals surface area contributed by atoms with Crippen molar-refractivity contribution in [1.29, 1.82) is 0 Å². The van der Waals surface area contributed by atoms with Gasteiger partial charge in [-0.1, -0.05) is 51.1 Å². The van der Waals surface area contributed by atoms with Crippen LogP contribution in [0.2, 0.25) is 0 Å². The Labute approximate surface area is 214 Å². The zero-order valence-electron chi connectivity index (χ0n) is 22.3. The lowest BCUT2D eigenvalue weighted by Gasteiger charge is -2.24. The summed E-state index contributed by atoms with van der Waals surface area (Å²) in [6.07, 6.45) is 4.41. The third-order valence-electron chi connectivity index (χ3n) is 5.98. The summed E-state index contributed by atoms with van der Waals surface area (Å²) in [5.74, 6) is 1.30. The zero-order chi connectivity index (χ0) is 26.1. The molecule has 0 aliphatic carbocycles. The molecule has 0 saturated heterocycles. The molecule has 4 aromatic rings. The van der Waals surface area contributed by atoms with Gasteiger partial charge in [0, 0.05) is 30.9 Å². The molecule has 36 heavy (non-hydrogen) atoms. The second-order valence-corrected chi connectivity index (χ2v) is 8.65. The Morgan fingerprint density at radius 3 is 2.33 bits per heavy atom. The minimum absolute atomic E-state index is 0.0246. The molecule has 4 rings (SSSR count). The summed E-state index contributed by atoms with van der Waals surface area (Å²) in [6.45, 7) is 13.8. The van der Waals surface area contributed by atoms with Crippen molar-refractivity contribution in [3.05, 3.63) is 60.6 Å². The van der Waals surface area contributed by atoms with Crippen LogP contribution in [0.25, 0.3) is 22.4 Å². The Morgan fingerprint density at radius 1 is 1.00 bits per heavy atom. The van der Waals surface area contributed by atoms with Crippen LogP contribution in [0.1, 0.15) is 59.6 Å². The molecule has 0 amide bonds. The molecule has 3 aromatic heterocycles. The molecule has 1 aromatic carbocycles. The molecule has 0 fully saturated rings. The topological polar surface area (TPSA) is 92.0 Å². The Kier molecular flexibility index (Phi) is 9.76. The largest absolute Gasteiger partial charge is 0.394 e. The minimum atomic E-state index is -0.102. The summed E-state index contributed by atoms with van der Waals surface area (Å²) >= 11 is 0. The second-order valence-electron chi connectivity index (χ2n) is 8.65. The summed E-state index contributed by atoms with van der Waals surface area (Å²) in [4.78, 5) is 20.9. The van der Waals surface area contributed by atoms with Crippen LogP contribution in [-0.4, -0.2) is 48.8 Å². The third-order valence-corrected chi connectivity index (χ3v) is 5.98. The van der Waals surface area contributed by atoms with E-state index in [2.05, 4.69) is 69.8 Å². The molecule has 0 radical (unpaired) electrons. The summed E-state index contributed by atoms with van der Waals surface area (Å²) in [5.41, 5.74) is 4.80. The average molecular weight is 490 g/mol. The standard InChI is InChI=1S/C26H33N7O.C2H6/c1-5-21(16-34)29-26-30-24(23-25(31-26)33(17-28-23)18(3)4)32(6-2)15-19-10-12-20(13-11-19)22-9-7-8-14-27-22;1-2/h7-14,17-18,21,34H,5-6,15-16H2,1-4H3,(H,29,30,31);1-2H3. The van der Waals surface area contributed by atoms with Gasteiger partial charge in [-0.05, 0) is 44.9 Å². The highest BCUT2D eigenvalue weighted by molar-refractivity contribution is 5.85. The number of rotatable bonds is 10. The van der Waals surface area contributed by atoms with Gasteiger partial charge in [0.1, 0.15) is 0 Å². The van der Waals surface area contributed by atoms with Crippen molar-refractivity contribution >= 4 is 22.9 Å². The number of nitrogens with zero attached hydrogens (tertiary/aromatic N) is 6. The van der Waals surface area contributed by atoms with Crippen LogP contribution in [-0.2, 0) is 6.54 Å². The SMILES string of the molecule is CC.CCC(CO)Nc1nc(N(CC)Cc2ccc(-c3ccccn3)cc2)c2ncn(C(C)C)c2n1. The first kappa shape index (κ1) is 27.1. The first-order valence-corrected chi connectivity index (χ1v) is 12.9. The van der Waals surface area contributed by atoms with Crippen LogP contribution < -0.4 is 10.2 Å². The number of hydrogen-bond acceptors (Lipinski definition) is 7. The number of nitrogens with one attached hydrogen (secondary N) is 1. The van der Waals surface area contributed by atoms with E-state index in [1.165, 1.54) is 5.56 Å². The number of aliphatic hydroxyl groups is 1. The van der Waals surface area contributed by atoms with Crippen molar-refractivity contribution in [2.75, 3.05) is 23.4 Å². The average Bonchev–Trinajstić information content (AvgIpc) is 3.36. The third kappa shape index (κ3) is 6.18. The van der Waals surface area contributed by atoms with E-state index in [1.807, 2.05) is 51.5 Å². The van der Waals surface area contributed by atoms with Crippen molar-refractivity contribution in [1.82, 2.24) is 24.5 Å². The molecule has 192 valence electrons. The van der Waals surface area contributed by atoms with E-state index >= 15 is 0 Å². The molecule has 2 N–H and O–H groups in total. The maximum absolute atomic E-state index is 9.68. The van der Waals surface area contributed by atoms with Crippen LogP contribution >= 0.6 is 0 Å². The van der Waals surface area contributed by atoms with Crippen molar-refractivity contribution in [2.24, 2.45) is 0 Å². The Hall–Kier alpha value is -3.52. The second kappa shape index (κ2) is 13.0. The molecule has 0 bridgehead atoms. The first-order chi connectivity index (χ1) is 17.5. The molecular formula is C28H39N7O. The molecule has 1 atom stereocenters. The maximum Gasteiger partial charge on any atom is 0.227 e. The fraction of sp³-hybridized carbons (Fsp3) is 0.429. The molecule has 1 unspecified atom stereocenters. The number of hydrogen-bond donors (Lipinski definition) is 2. The van der Waals surface area contributed by atoms with Crippen LogP contribution in [0, 0.1) is 0 Å². The van der Waals surface area contributed by atoms with Crippen LogP contribution in [0.3, 0.4) is 0 Å². The highest BCUT2D eigenvalue weighted by Gasteiger charge is 2.20. The number of pyridine rings is 1. The smallest absolute Gasteiger partial charge is 0.227 e. The molecule has 0 saturated carbocycles. The predicted molar refractivity (Wildman–Crippen MR) is 148 cm³/mol. The fourth-order valence-electron chi connectivity index (χ4n) is 3.90. The van der Waals surface area contributed by atoms with Crippen molar-refractivity contribution in [2.45, 2.75) is 66.6 Å². The van der Waals surface area contributed by atoms with E-state index < -0.39 is 0 Å². The van der Waals surface area contributed by atoms with E-state index in [9.17, 15) is 5.11 Å². The first-order valence-electron chi connectivity index (χ1n) is 12.9. The minimum Gasteiger partial charge on any atom is -0.394 e. The van der Waals surface area contributed by atoms with E-state index in [1.54, 1.807) is 0 Å². The van der Waals surface area contributed by atoms with E-state index in [0.29, 0.717) is 12.5 Å². The number of fused-ring (bicyclic) bond motifs is 1. The lowest BCUT2D eigenvalue weighted by Crippen LogP contribution is -2.27. The molecule has 8 heteroatoms. The van der Waals surface area contributed by atoms with Gasteiger partial charge in [0.05, 0.1) is 24.7 Å².